The molecule has 0 spiro atoms. The van der Waals surface area contributed by atoms with Gasteiger partial charge in [0.2, 0.25) is 0 Å². The van der Waals surface area contributed by atoms with Gasteiger partial charge in [0.15, 0.2) is 6.10 Å². The summed E-state index contributed by atoms with van der Waals surface area (Å²) in [6.45, 7) is 3.64. The van der Waals surface area contributed by atoms with Gasteiger partial charge in [-0.25, -0.2) is 8.78 Å². The van der Waals surface area contributed by atoms with Gasteiger partial charge >= 0.3 is 5.97 Å². The summed E-state index contributed by atoms with van der Waals surface area (Å²) in [7, 11) is 0. The fraction of sp³-hybridized carbons (Fsp3) is 0.381. The van der Waals surface area contributed by atoms with Crippen LogP contribution in [0.5, 0.6) is 5.75 Å². The Balaban J connectivity index is 2.08. The molecule has 6 heteroatoms. The van der Waals surface area contributed by atoms with Crippen molar-refractivity contribution < 1.29 is 28.2 Å². The third kappa shape index (κ3) is 4.45. The van der Waals surface area contributed by atoms with Crippen LogP contribution in [0.2, 0.25) is 0 Å². The van der Waals surface area contributed by atoms with Gasteiger partial charge in [0.05, 0.1) is 12.5 Å². The molecule has 2 unspecified atom stereocenters. The van der Waals surface area contributed by atoms with Crippen molar-refractivity contribution in [3.05, 3.63) is 65.2 Å². The van der Waals surface area contributed by atoms with E-state index in [1.54, 1.807) is 24.3 Å². The maximum absolute atomic E-state index is 14.9. The smallest absolute Gasteiger partial charge is 0.308 e. The van der Waals surface area contributed by atoms with Gasteiger partial charge in [0.25, 0.3) is 0 Å². The highest BCUT2D eigenvalue weighted by Crippen LogP contribution is 2.37. The number of carbonyl (C=O) groups is 1. The predicted octanol–water partition coefficient (Wildman–Crippen LogP) is 4.27. The summed E-state index contributed by atoms with van der Waals surface area (Å²) < 4.78 is 40.0. The second kappa shape index (κ2) is 8.05. The Bertz CT molecular complexity index is 807. The van der Waals surface area contributed by atoms with Crippen molar-refractivity contribution >= 4 is 5.97 Å². The summed E-state index contributed by atoms with van der Waals surface area (Å²) >= 11 is 0. The molecule has 1 aliphatic rings. The summed E-state index contributed by atoms with van der Waals surface area (Å²) in [6, 6.07) is 10.8. The van der Waals surface area contributed by atoms with Crippen LogP contribution in [0, 0.1) is 11.6 Å². The number of hydrogen-bond donors (Lipinski definition) is 1. The highest BCUT2D eigenvalue weighted by Gasteiger charge is 2.38. The molecule has 1 aliphatic heterocycles. The molecule has 2 aromatic carbocycles. The van der Waals surface area contributed by atoms with E-state index in [2.05, 4.69) is 0 Å². The lowest BCUT2D eigenvalue weighted by Gasteiger charge is -2.34. The zero-order valence-corrected chi connectivity index (χ0v) is 15.2. The van der Waals surface area contributed by atoms with Gasteiger partial charge in [0.1, 0.15) is 23.5 Å². The van der Waals surface area contributed by atoms with Crippen LogP contribution < -0.4 is 4.74 Å². The van der Waals surface area contributed by atoms with Crippen molar-refractivity contribution in [2.45, 2.75) is 50.9 Å². The van der Waals surface area contributed by atoms with Crippen molar-refractivity contribution in [3.63, 3.8) is 0 Å². The maximum atomic E-state index is 14.9. The Hall–Kier alpha value is -2.47. The van der Waals surface area contributed by atoms with Crippen molar-refractivity contribution in [2.75, 3.05) is 0 Å². The molecule has 3 atom stereocenters. The normalized spacial score (nSPS) is 21.0. The maximum Gasteiger partial charge on any atom is 0.308 e. The minimum atomic E-state index is -1.01. The van der Waals surface area contributed by atoms with Gasteiger partial charge in [0, 0.05) is 18.1 Å². The number of halogens is 2. The van der Waals surface area contributed by atoms with Crippen LogP contribution >= 0.6 is 0 Å². The molecule has 144 valence electrons. The number of benzene rings is 2. The SMILES string of the molecule is CC(C)c1cc(F)cc(F)c1[C@H](Oc1ccccc1)C1CC(O)CC(=O)O1. The van der Waals surface area contributed by atoms with Crippen molar-refractivity contribution in [3.8, 4) is 5.75 Å². The first-order valence-corrected chi connectivity index (χ1v) is 8.93. The van der Waals surface area contributed by atoms with Gasteiger partial charge in [-0.15, -0.1) is 0 Å². The van der Waals surface area contributed by atoms with Crippen LogP contribution in [-0.4, -0.2) is 23.3 Å². The first-order valence-electron chi connectivity index (χ1n) is 8.93. The van der Waals surface area contributed by atoms with E-state index >= 15 is 0 Å². The number of carbonyl (C=O) groups excluding carboxylic acids is 1. The fourth-order valence-corrected chi connectivity index (χ4v) is 3.34. The van der Waals surface area contributed by atoms with E-state index in [4.69, 9.17) is 9.47 Å². The van der Waals surface area contributed by atoms with Gasteiger partial charge < -0.3 is 14.6 Å². The van der Waals surface area contributed by atoms with Crippen LogP contribution in [0.1, 0.15) is 49.8 Å². The lowest BCUT2D eigenvalue weighted by atomic mass is 9.88. The van der Waals surface area contributed by atoms with Crippen molar-refractivity contribution in [1.29, 1.82) is 0 Å². The number of rotatable bonds is 5. The molecule has 0 saturated carbocycles. The number of cyclic esters (lactones) is 1. The topological polar surface area (TPSA) is 55.8 Å². The Morgan fingerprint density at radius 1 is 1.19 bits per heavy atom. The van der Waals surface area contributed by atoms with E-state index in [9.17, 15) is 18.7 Å². The van der Waals surface area contributed by atoms with E-state index in [1.165, 1.54) is 6.07 Å². The Kier molecular flexibility index (Phi) is 5.75. The molecule has 27 heavy (non-hydrogen) atoms. The number of esters is 1. The lowest BCUT2D eigenvalue weighted by molar-refractivity contribution is -0.167. The average molecular weight is 376 g/mol. The molecule has 3 rings (SSSR count). The summed E-state index contributed by atoms with van der Waals surface area (Å²) in [5.41, 5.74) is 0.576. The lowest BCUT2D eigenvalue weighted by Crippen LogP contribution is -2.39. The highest BCUT2D eigenvalue weighted by atomic mass is 19.1. The van der Waals surface area contributed by atoms with E-state index in [-0.39, 0.29) is 24.3 Å². The zero-order valence-electron chi connectivity index (χ0n) is 15.2. The molecule has 1 heterocycles. The molecule has 2 aromatic rings. The zero-order chi connectivity index (χ0) is 19.6. The summed E-state index contributed by atoms with van der Waals surface area (Å²) in [6.07, 6.45) is -2.80. The summed E-state index contributed by atoms with van der Waals surface area (Å²) in [5, 5.41) is 9.99. The third-order valence-corrected chi connectivity index (χ3v) is 4.57. The molecule has 0 radical (unpaired) electrons. The van der Waals surface area contributed by atoms with Crippen molar-refractivity contribution in [1.82, 2.24) is 0 Å². The molecule has 0 amide bonds. The van der Waals surface area contributed by atoms with Gasteiger partial charge in [-0.1, -0.05) is 32.0 Å². The van der Waals surface area contributed by atoms with Crippen LogP contribution in [-0.2, 0) is 9.53 Å². The number of ether oxygens (including phenoxy) is 2. The molecule has 1 saturated heterocycles. The third-order valence-electron chi connectivity index (χ3n) is 4.57. The first kappa shape index (κ1) is 19.3. The minimum Gasteiger partial charge on any atom is -0.482 e. The van der Waals surface area contributed by atoms with E-state index in [1.807, 2.05) is 19.9 Å². The average Bonchev–Trinajstić information content (AvgIpc) is 2.59. The molecular formula is C21H22F2O4. The quantitative estimate of drug-likeness (QED) is 0.792. The van der Waals surface area contributed by atoms with E-state index < -0.39 is 35.9 Å². The largest absolute Gasteiger partial charge is 0.482 e. The fourth-order valence-electron chi connectivity index (χ4n) is 3.34. The van der Waals surface area contributed by atoms with Crippen molar-refractivity contribution in [2.24, 2.45) is 0 Å². The number of hydrogen-bond acceptors (Lipinski definition) is 4. The second-order valence-corrected chi connectivity index (χ2v) is 7.02. The van der Waals surface area contributed by atoms with E-state index in [0.717, 1.165) is 6.07 Å². The predicted molar refractivity (Wildman–Crippen MR) is 95.4 cm³/mol. The number of aliphatic hydroxyl groups excluding tert-OH is 1. The molecular weight excluding hydrogens is 354 g/mol. The van der Waals surface area contributed by atoms with Gasteiger partial charge in [-0.3, -0.25) is 4.79 Å². The summed E-state index contributed by atoms with van der Waals surface area (Å²) in [4.78, 5) is 11.8. The molecule has 4 nitrogen and oxygen atoms in total. The molecule has 1 N–H and O–H groups in total. The Morgan fingerprint density at radius 2 is 1.89 bits per heavy atom. The van der Waals surface area contributed by atoms with Crippen LogP contribution in [0.25, 0.3) is 0 Å². The first-order chi connectivity index (χ1) is 12.8. The molecule has 0 aliphatic carbocycles. The Morgan fingerprint density at radius 3 is 2.52 bits per heavy atom. The second-order valence-electron chi connectivity index (χ2n) is 7.02. The molecule has 0 bridgehead atoms. The molecule has 0 aromatic heterocycles. The standard InChI is InChI=1S/C21H22F2O4/c1-12(2)16-8-13(22)9-17(23)20(16)21(26-15-6-4-3-5-7-15)18-10-14(24)11-19(25)27-18/h3-9,12,14,18,21,24H,10-11H2,1-2H3/t14?,18?,21-/m1/s1. The minimum absolute atomic E-state index is 0.109. The highest BCUT2D eigenvalue weighted by molar-refractivity contribution is 5.71. The Labute approximate surface area is 156 Å². The monoisotopic (exact) mass is 376 g/mol. The molecule has 1 fully saturated rings. The van der Waals surface area contributed by atoms with Gasteiger partial charge in [-0.05, 0) is 29.7 Å². The van der Waals surface area contributed by atoms with E-state index in [0.29, 0.717) is 11.3 Å². The summed E-state index contributed by atoms with van der Waals surface area (Å²) in [5.74, 6) is -1.75. The van der Waals surface area contributed by atoms with Crippen LogP contribution in [0.15, 0.2) is 42.5 Å². The number of para-hydroxylation sites is 1. The number of aliphatic hydroxyl groups is 1. The van der Waals surface area contributed by atoms with Gasteiger partial charge in [-0.2, -0.15) is 0 Å². The van der Waals surface area contributed by atoms with Crippen LogP contribution in [0.4, 0.5) is 8.78 Å². The van der Waals surface area contributed by atoms with Crippen LogP contribution in [0.3, 0.4) is 0 Å².